The van der Waals surface area contributed by atoms with Crippen molar-refractivity contribution in [2.24, 2.45) is 5.92 Å². The Morgan fingerprint density at radius 2 is 2.30 bits per heavy atom. The molecule has 124 valence electrons. The molecule has 1 aromatic rings. The molecule has 0 bridgehead atoms. The highest BCUT2D eigenvalue weighted by Gasteiger charge is 2.20. The summed E-state index contributed by atoms with van der Waals surface area (Å²) in [7, 11) is 0. The van der Waals surface area contributed by atoms with Crippen LogP contribution >= 0.6 is 0 Å². The molecule has 1 fully saturated rings. The van der Waals surface area contributed by atoms with Gasteiger partial charge in [0.2, 0.25) is 5.91 Å². The van der Waals surface area contributed by atoms with Crippen molar-refractivity contribution in [2.45, 2.75) is 39.7 Å². The van der Waals surface area contributed by atoms with Crippen LogP contribution in [0.15, 0.2) is 18.2 Å². The molecule has 0 aromatic heterocycles. The standard InChI is InChI=1S/C18H25N3O2/c1-13(2)23-17-7-6-15(10-19)9-16(17)20-11-18(22)21-8-4-5-14(3)12-21/h6-7,9,13-14,20H,4-5,8,11-12H2,1-3H3/t14-/m1/s1. The first kappa shape index (κ1) is 17.1. The van der Waals surface area contributed by atoms with Gasteiger partial charge in [0.15, 0.2) is 0 Å². The minimum atomic E-state index is 0.0298. The maximum atomic E-state index is 12.4. The van der Waals surface area contributed by atoms with E-state index in [2.05, 4.69) is 18.3 Å². The van der Waals surface area contributed by atoms with E-state index in [1.54, 1.807) is 18.2 Å². The van der Waals surface area contributed by atoms with E-state index in [4.69, 9.17) is 10.00 Å². The number of hydrogen-bond acceptors (Lipinski definition) is 4. The summed E-state index contributed by atoms with van der Waals surface area (Å²) >= 11 is 0. The third kappa shape index (κ3) is 4.88. The number of piperidine rings is 1. The molecule has 2 rings (SSSR count). The second kappa shape index (κ2) is 7.87. The fourth-order valence-electron chi connectivity index (χ4n) is 2.79. The molecule has 1 heterocycles. The van der Waals surface area contributed by atoms with Gasteiger partial charge in [-0.15, -0.1) is 0 Å². The van der Waals surface area contributed by atoms with E-state index in [9.17, 15) is 4.79 Å². The molecule has 5 nitrogen and oxygen atoms in total. The molecule has 1 aliphatic rings. The lowest BCUT2D eigenvalue weighted by Gasteiger charge is -2.31. The van der Waals surface area contributed by atoms with Crippen LogP contribution in [0.5, 0.6) is 5.75 Å². The number of anilines is 1. The van der Waals surface area contributed by atoms with Crippen molar-refractivity contribution >= 4 is 11.6 Å². The van der Waals surface area contributed by atoms with Crippen molar-refractivity contribution in [1.82, 2.24) is 4.90 Å². The van der Waals surface area contributed by atoms with Gasteiger partial charge in [-0.25, -0.2) is 0 Å². The largest absolute Gasteiger partial charge is 0.489 e. The van der Waals surface area contributed by atoms with Crippen molar-refractivity contribution in [3.63, 3.8) is 0 Å². The quantitative estimate of drug-likeness (QED) is 0.907. The molecular weight excluding hydrogens is 290 g/mol. The van der Waals surface area contributed by atoms with Gasteiger partial charge in [0.05, 0.1) is 30.0 Å². The van der Waals surface area contributed by atoms with Crippen LogP contribution in [-0.4, -0.2) is 36.5 Å². The minimum absolute atomic E-state index is 0.0298. The normalized spacial score (nSPS) is 17.7. The number of benzene rings is 1. The lowest BCUT2D eigenvalue weighted by molar-refractivity contribution is -0.130. The number of likely N-dealkylation sites (tertiary alicyclic amines) is 1. The third-order valence-corrected chi connectivity index (χ3v) is 3.91. The number of carbonyl (C=O) groups excluding carboxylic acids is 1. The molecule has 1 aliphatic heterocycles. The van der Waals surface area contributed by atoms with E-state index in [0.717, 1.165) is 19.5 Å². The highest BCUT2D eigenvalue weighted by Crippen LogP contribution is 2.26. The Hall–Kier alpha value is -2.22. The Kier molecular flexibility index (Phi) is 5.86. The molecule has 5 heteroatoms. The Bertz CT molecular complexity index is 592. The number of amides is 1. The Morgan fingerprint density at radius 1 is 1.52 bits per heavy atom. The second-order valence-corrected chi connectivity index (χ2v) is 6.43. The van der Waals surface area contributed by atoms with Gasteiger partial charge in [-0.1, -0.05) is 6.92 Å². The summed E-state index contributed by atoms with van der Waals surface area (Å²) in [5.41, 5.74) is 1.24. The first-order valence-electron chi connectivity index (χ1n) is 8.22. The van der Waals surface area contributed by atoms with E-state index >= 15 is 0 Å². The highest BCUT2D eigenvalue weighted by atomic mass is 16.5. The molecule has 0 spiro atoms. The fraction of sp³-hybridized carbons (Fsp3) is 0.556. The summed E-state index contributed by atoms with van der Waals surface area (Å²) in [6, 6.07) is 7.33. The first-order chi connectivity index (χ1) is 11.0. The van der Waals surface area contributed by atoms with Gasteiger partial charge in [-0.3, -0.25) is 4.79 Å². The molecule has 0 saturated carbocycles. The zero-order chi connectivity index (χ0) is 16.8. The summed E-state index contributed by atoms with van der Waals surface area (Å²) in [5, 5.41) is 12.2. The monoisotopic (exact) mass is 315 g/mol. The highest BCUT2D eigenvalue weighted by molar-refractivity contribution is 5.81. The van der Waals surface area contributed by atoms with E-state index < -0.39 is 0 Å². The number of hydrogen-bond donors (Lipinski definition) is 1. The number of ether oxygens (including phenoxy) is 1. The van der Waals surface area contributed by atoms with Crippen LogP contribution in [-0.2, 0) is 4.79 Å². The summed E-state index contributed by atoms with van der Waals surface area (Å²) < 4.78 is 5.74. The number of rotatable bonds is 5. The van der Waals surface area contributed by atoms with E-state index in [1.807, 2.05) is 18.7 Å². The molecule has 1 N–H and O–H groups in total. The number of nitrogens with one attached hydrogen (secondary N) is 1. The molecule has 0 radical (unpaired) electrons. The van der Waals surface area contributed by atoms with Crippen molar-refractivity contribution < 1.29 is 9.53 Å². The van der Waals surface area contributed by atoms with E-state index in [1.165, 1.54) is 6.42 Å². The number of carbonyl (C=O) groups is 1. The summed E-state index contributed by atoms with van der Waals surface area (Å²) in [6.45, 7) is 7.95. The summed E-state index contributed by atoms with van der Waals surface area (Å²) in [4.78, 5) is 14.3. The van der Waals surface area contributed by atoms with Crippen LogP contribution in [0.25, 0.3) is 0 Å². The van der Waals surface area contributed by atoms with Gasteiger partial charge in [-0.05, 0) is 50.8 Å². The maximum Gasteiger partial charge on any atom is 0.241 e. The van der Waals surface area contributed by atoms with Gasteiger partial charge >= 0.3 is 0 Å². The van der Waals surface area contributed by atoms with Crippen LogP contribution < -0.4 is 10.1 Å². The van der Waals surface area contributed by atoms with Crippen molar-refractivity contribution in [2.75, 3.05) is 25.0 Å². The van der Waals surface area contributed by atoms with Gasteiger partial charge in [-0.2, -0.15) is 5.26 Å². The average Bonchev–Trinajstić information content (AvgIpc) is 2.53. The lowest BCUT2D eigenvalue weighted by Crippen LogP contribution is -2.42. The fourth-order valence-corrected chi connectivity index (χ4v) is 2.79. The Labute approximate surface area is 138 Å². The van der Waals surface area contributed by atoms with Crippen molar-refractivity contribution in [1.29, 1.82) is 5.26 Å². The zero-order valence-corrected chi connectivity index (χ0v) is 14.1. The van der Waals surface area contributed by atoms with Gasteiger partial charge in [0.1, 0.15) is 5.75 Å². The molecule has 1 aromatic carbocycles. The molecule has 1 amide bonds. The molecule has 1 saturated heterocycles. The Balaban J connectivity index is 2.03. The predicted molar refractivity (Wildman–Crippen MR) is 90.4 cm³/mol. The Morgan fingerprint density at radius 3 is 2.96 bits per heavy atom. The van der Waals surface area contributed by atoms with E-state index in [0.29, 0.717) is 22.9 Å². The SMILES string of the molecule is CC(C)Oc1ccc(C#N)cc1NCC(=O)N1CCC[C@@H](C)C1. The van der Waals surface area contributed by atoms with Crippen LogP contribution in [0.1, 0.15) is 39.2 Å². The van der Waals surface area contributed by atoms with Gasteiger partial charge < -0.3 is 15.0 Å². The summed E-state index contributed by atoms with van der Waals surface area (Å²) in [6.07, 6.45) is 2.29. The molecule has 0 aliphatic carbocycles. The maximum absolute atomic E-state index is 12.4. The molecular formula is C18H25N3O2. The van der Waals surface area contributed by atoms with E-state index in [-0.39, 0.29) is 18.6 Å². The average molecular weight is 315 g/mol. The molecule has 0 unspecified atom stereocenters. The van der Waals surface area contributed by atoms with Crippen LogP contribution in [0.3, 0.4) is 0 Å². The van der Waals surface area contributed by atoms with Gasteiger partial charge in [0.25, 0.3) is 0 Å². The minimum Gasteiger partial charge on any atom is -0.489 e. The lowest BCUT2D eigenvalue weighted by atomic mass is 10.0. The number of nitriles is 1. The molecule has 1 atom stereocenters. The van der Waals surface area contributed by atoms with Crippen molar-refractivity contribution in [3.8, 4) is 11.8 Å². The van der Waals surface area contributed by atoms with Gasteiger partial charge in [0, 0.05) is 13.1 Å². The predicted octanol–water partition coefficient (Wildman–Crippen LogP) is 3.02. The topological polar surface area (TPSA) is 65.4 Å². The second-order valence-electron chi connectivity index (χ2n) is 6.43. The smallest absolute Gasteiger partial charge is 0.241 e. The zero-order valence-electron chi connectivity index (χ0n) is 14.1. The molecule has 23 heavy (non-hydrogen) atoms. The van der Waals surface area contributed by atoms with Crippen molar-refractivity contribution in [3.05, 3.63) is 23.8 Å². The third-order valence-electron chi connectivity index (χ3n) is 3.91. The van der Waals surface area contributed by atoms with Crippen LogP contribution in [0, 0.1) is 17.2 Å². The number of nitrogens with zero attached hydrogens (tertiary/aromatic N) is 2. The van der Waals surface area contributed by atoms with Crippen LogP contribution in [0.4, 0.5) is 5.69 Å². The first-order valence-corrected chi connectivity index (χ1v) is 8.22. The van der Waals surface area contributed by atoms with Crippen LogP contribution in [0.2, 0.25) is 0 Å². The summed E-state index contributed by atoms with van der Waals surface area (Å²) in [5.74, 6) is 1.32.